The highest BCUT2D eigenvalue weighted by Crippen LogP contribution is 2.28. The number of hydrogen-bond donors (Lipinski definition) is 1. The summed E-state index contributed by atoms with van der Waals surface area (Å²) in [7, 11) is 1.90. The van der Waals surface area contributed by atoms with Crippen molar-refractivity contribution in [3.8, 4) is 0 Å². The molecule has 0 saturated carbocycles. The Morgan fingerprint density at radius 1 is 1.38 bits per heavy atom. The third-order valence-electron chi connectivity index (χ3n) is 3.57. The highest BCUT2D eigenvalue weighted by molar-refractivity contribution is 5.75. The van der Waals surface area contributed by atoms with Crippen molar-refractivity contribution in [1.29, 1.82) is 0 Å². The van der Waals surface area contributed by atoms with E-state index in [2.05, 4.69) is 10.1 Å². The Balaban J connectivity index is 2.10. The molecule has 0 spiro atoms. The van der Waals surface area contributed by atoms with Crippen molar-refractivity contribution in [1.82, 2.24) is 19.3 Å². The van der Waals surface area contributed by atoms with Gasteiger partial charge in [-0.15, -0.1) is 0 Å². The number of aromatic nitrogens is 4. The van der Waals surface area contributed by atoms with Crippen molar-refractivity contribution in [2.45, 2.75) is 13.0 Å². The van der Waals surface area contributed by atoms with Gasteiger partial charge in [-0.05, 0) is 19.1 Å². The zero-order valence-electron chi connectivity index (χ0n) is 11.6. The van der Waals surface area contributed by atoms with Crippen molar-refractivity contribution in [2.75, 3.05) is 5.73 Å². The summed E-state index contributed by atoms with van der Waals surface area (Å²) in [6.07, 6.45) is 1.16. The Bertz CT molecular complexity index is 834. The summed E-state index contributed by atoms with van der Waals surface area (Å²) in [5, 5.41) is 14.9. The molecule has 108 valence electrons. The largest absolute Gasteiger partial charge is 0.378 e. The molecule has 1 aromatic carbocycles. The summed E-state index contributed by atoms with van der Waals surface area (Å²) >= 11 is 0. The molecule has 2 N–H and O–H groups in total. The van der Waals surface area contributed by atoms with Gasteiger partial charge in [-0.1, -0.05) is 12.1 Å². The molecular weight excluding hydrogens is 272 g/mol. The number of hydrogen-bond acceptors (Lipinski definition) is 5. The van der Waals surface area contributed by atoms with E-state index in [0.717, 1.165) is 23.1 Å². The number of nitro groups is 1. The number of para-hydroxylation sites is 2. The normalized spacial score (nSPS) is 12.7. The van der Waals surface area contributed by atoms with Crippen molar-refractivity contribution in [2.24, 2.45) is 7.05 Å². The molecule has 2 aromatic heterocycles. The lowest BCUT2D eigenvalue weighted by atomic mass is 10.3. The van der Waals surface area contributed by atoms with Crippen LogP contribution >= 0.6 is 0 Å². The van der Waals surface area contributed by atoms with Crippen LogP contribution in [0.4, 0.5) is 11.5 Å². The number of anilines is 1. The average molecular weight is 286 g/mol. The van der Waals surface area contributed by atoms with Crippen molar-refractivity contribution >= 4 is 22.5 Å². The van der Waals surface area contributed by atoms with Gasteiger partial charge < -0.3 is 10.3 Å². The van der Waals surface area contributed by atoms with Gasteiger partial charge in [0.15, 0.2) is 0 Å². The summed E-state index contributed by atoms with van der Waals surface area (Å²) < 4.78 is 3.35. The molecule has 0 aliphatic heterocycles. The minimum atomic E-state index is -0.541. The fraction of sp³-hybridized carbons (Fsp3) is 0.231. The van der Waals surface area contributed by atoms with Gasteiger partial charge in [0, 0.05) is 7.05 Å². The van der Waals surface area contributed by atoms with Crippen LogP contribution in [0.2, 0.25) is 0 Å². The molecule has 0 radical (unpaired) electrons. The van der Waals surface area contributed by atoms with Gasteiger partial charge in [-0.2, -0.15) is 5.10 Å². The second kappa shape index (κ2) is 4.58. The first kappa shape index (κ1) is 13.1. The maximum atomic E-state index is 10.9. The van der Waals surface area contributed by atoms with Crippen LogP contribution in [-0.4, -0.2) is 24.3 Å². The van der Waals surface area contributed by atoms with Gasteiger partial charge in [-0.25, -0.2) is 9.67 Å². The van der Waals surface area contributed by atoms with E-state index in [9.17, 15) is 10.1 Å². The van der Waals surface area contributed by atoms with Crippen LogP contribution in [-0.2, 0) is 7.05 Å². The number of fused-ring (bicyclic) bond motifs is 1. The van der Waals surface area contributed by atoms with E-state index in [-0.39, 0.29) is 17.5 Å². The molecule has 1 atom stereocenters. The average Bonchev–Trinajstić information content (AvgIpc) is 3.00. The molecule has 0 aliphatic rings. The SMILES string of the molecule is CC(c1nc2ccccc2n1C)n1ncc([N+](=O)[O-])c1N. The predicted octanol–water partition coefficient (Wildman–Crippen LogP) is 1.87. The zero-order valence-corrected chi connectivity index (χ0v) is 11.6. The van der Waals surface area contributed by atoms with Gasteiger partial charge >= 0.3 is 5.69 Å². The first-order valence-corrected chi connectivity index (χ1v) is 6.39. The number of rotatable bonds is 3. The fourth-order valence-corrected chi connectivity index (χ4v) is 2.46. The fourth-order valence-electron chi connectivity index (χ4n) is 2.46. The summed E-state index contributed by atoms with van der Waals surface area (Å²) in [4.78, 5) is 14.9. The summed E-state index contributed by atoms with van der Waals surface area (Å²) in [6.45, 7) is 1.86. The molecule has 3 rings (SSSR count). The smallest absolute Gasteiger partial charge is 0.330 e. The van der Waals surface area contributed by atoms with Gasteiger partial charge in [0.1, 0.15) is 18.1 Å². The maximum absolute atomic E-state index is 10.9. The van der Waals surface area contributed by atoms with Crippen LogP contribution in [0.25, 0.3) is 11.0 Å². The number of nitrogens with two attached hydrogens (primary N) is 1. The molecular formula is C13H14N6O2. The van der Waals surface area contributed by atoms with E-state index in [0.29, 0.717) is 0 Å². The first-order chi connectivity index (χ1) is 10.0. The second-order valence-corrected chi connectivity index (χ2v) is 4.81. The van der Waals surface area contributed by atoms with Crippen LogP contribution in [0, 0.1) is 10.1 Å². The Kier molecular flexibility index (Phi) is 2.86. The van der Waals surface area contributed by atoms with Crippen LogP contribution < -0.4 is 5.73 Å². The number of aryl methyl sites for hydroxylation is 1. The Morgan fingerprint density at radius 3 is 2.71 bits per heavy atom. The summed E-state index contributed by atoms with van der Waals surface area (Å²) in [5.41, 5.74) is 7.46. The monoisotopic (exact) mass is 286 g/mol. The van der Waals surface area contributed by atoms with Gasteiger partial charge in [0.05, 0.1) is 16.0 Å². The van der Waals surface area contributed by atoms with Crippen LogP contribution in [0.3, 0.4) is 0 Å². The minimum Gasteiger partial charge on any atom is -0.378 e. The standard InChI is InChI=1S/C13H14N6O2/c1-8(18-12(14)11(7-15-18)19(20)21)13-16-9-5-3-4-6-10(9)17(13)2/h3-8H,14H2,1-2H3. The van der Waals surface area contributed by atoms with E-state index in [1.54, 1.807) is 0 Å². The highest BCUT2D eigenvalue weighted by atomic mass is 16.6. The van der Waals surface area contributed by atoms with Crippen molar-refractivity contribution < 1.29 is 4.92 Å². The third kappa shape index (κ3) is 1.92. The molecule has 8 nitrogen and oxygen atoms in total. The lowest BCUT2D eigenvalue weighted by Crippen LogP contribution is -2.15. The summed E-state index contributed by atoms with van der Waals surface area (Å²) in [5.74, 6) is 0.764. The first-order valence-electron chi connectivity index (χ1n) is 6.39. The molecule has 21 heavy (non-hydrogen) atoms. The molecule has 2 heterocycles. The zero-order chi connectivity index (χ0) is 15.1. The molecule has 0 saturated heterocycles. The van der Waals surface area contributed by atoms with Gasteiger partial charge in [-0.3, -0.25) is 10.1 Å². The van der Waals surface area contributed by atoms with E-state index in [4.69, 9.17) is 5.73 Å². The quantitative estimate of drug-likeness (QED) is 0.584. The molecule has 3 aromatic rings. The lowest BCUT2D eigenvalue weighted by Gasteiger charge is -2.13. The molecule has 8 heteroatoms. The van der Waals surface area contributed by atoms with E-state index in [1.807, 2.05) is 42.8 Å². The number of imidazole rings is 1. The maximum Gasteiger partial charge on any atom is 0.330 e. The molecule has 0 fully saturated rings. The van der Waals surface area contributed by atoms with E-state index in [1.165, 1.54) is 4.68 Å². The van der Waals surface area contributed by atoms with E-state index < -0.39 is 4.92 Å². The summed E-state index contributed by atoms with van der Waals surface area (Å²) in [6, 6.07) is 7.42. The predicted molar refractivity (Wildman–Crippen MR) is 77.8 cm³/mol. The molecule has 0 bridgehead atoms. The minimum absolute atomic E-state index is 0.0274. The second-order valence-electron chi connectivity index (χ2n) is 4.81. The molecule has 1 unspecified atom stereocenters. The number of nitrogens with zero attached hydrogens (tertiary/aromatic N) is 5. The van der Waals surface area contributed by atoms with E-state index >= 15 is 0 Å². The Morgan fingerprint density at radius 2 is 2.10 bits per heavy atom. The number of nitrogen functional groups attached to an aromatic ring is 1. The Hall–Kier alpha value is -2.90. The van der Waals surface area contributed by atoms with Crippen LogP contribution in [0.5, 0.6) is 0 Å². The lowest BCUT2D eigenvalue weighted by molar-refractivity contribution is -0.384. The highest BCUT2D eigenvalue weighted by Gasteiger charge is 2.24. The number of benzene rings is 1. The van der Waals surface area contributed by atoms with Crippen LogP contribution in [0.15, 0.2) is 30.5 Å². The molecule has 0 amide bonds. The van der Waals surface area contributed by atoms with Crippen molar-refractivity contribution in [3.63, 3.8) is 0 Å². The third-order valence-corrected chi connectivity index (χ3v) is 3.57. The van der Waals surface area contributed by atoms with Gasteiger partial charge in [0.25, 0.3) is 0 Å². The Labute approximate surface area is 120 Å². The topological polar surface area (TPSA) is 105 Å². The van der Waals surface area contributed by atoms with Gasteiger partial charge in [0.2, 0.25) is 5.82 Å². The van der Waals surface area contributed by atoms with Crippen LogP contribution in [0.1, 0.15) is 18.8 Å². The molecule has 0 aliphatic carbocycles. The van der Waals surface area contributed by atoms with Crippen molar-refractivity contribution in [3.05, 3.63) is 46.4 Å².